The minimum Gasteiger partial charge on any atom is -0.382 e. The second-order valence-electron chi connectivity index (χ2n) is 10.7. The van der Waals surface area contributed by atoms with Crippen LogP contribution in [0.15, 0.2) is 30.9 Å². The lowest BCUT2D eigenvalue weighted by atomic mass is 9.79. The summed E-state index contributed by atoms with van der Waals surface area (Å²) in [6, 6.07) is -1.56. The van der Waals surface area contributed by atoms with E-state index in [1.807, 2.05) is 5.32 Å². The first-order chi connectivity index (χ1) is 19.5. The monoisotopic (exact) mass is 577 g/mol. The number of aromatic nitrogens is 3. The molecule has 1 unspecified atom stereocenters. The number of halogens is 3. The predicted octanol–water partition coefficient (Wildman–Crippen LogP) is 3.39. The second kappa shape index (κ2) is 12.8. The first kappa shape index (κ1) is 30.2. The SMILES string of the molecule is COCC(c1ccnc(NC(=O)[C@H](NC(=O)c2ncncc2C)C2CCC(C)CC2)c1)N1C[C@H](C(F)(F)F)NC1=O. The summed E-state index contributed by atoms with van der Waals surface area (Å²) < 4.78 is 45.0. The molecule has 0 aromatic carbocycles. The van der Waals surface area contributed by atoms with Gasteiger partial charge in [0.05, 0.1) is 19.2 Å². The van der Waals surface area contributed by atoms with E-state index >= 15 is 0 Å². The van der Waals surface area contributed by atoms with E-state index in [1.54, 1.807) is 13.0 Å². The van der Waals surface area contributed by atoms with Crippen molar-refractivity contribution in [2.75, 3.05) is 25.6 Å². The third kappa shape index (κ3) is 7.29. The average Bonchev–Trinajstić information content (AvgIpc) is 3.33. The molecular weight excluding hydrogens is 543 g/mol. The Morgan fingerprint density at radius 2 is 1.95 bits per heavy atom. The van der Waals surface area contributed by atoms with Gasteiger partial charge in [-0.05, 0) is 54.9 Å². The van der Waals surface area contributed by atoms with Gasteiger partial charge in [-0.3, -0.25) is 9.59 Å². The van der Waals surface area contributed by atoms with Gasteiger partial charge in [0.1, 0.15) is 29.9 Å². The van der Waals surface area contributed by atoms with E-state index in [0.717, 1.165) is 30.6 Å². The molecule has 1 saturated heterocycles. The van der Waals surface area contributed by atoms with Crippen LogP contribution >= 0.6 is 0 Å². The van der Waals surface area contributed by atoms with Crippen LogP contribution in [0.2, 0.25) is 0 Å². The Labute approximate surface area is 235 Å². The Bertz CT molecular complexity index is 1250. The Morgan fingerprint density at radius 1 is 1.22 bits per heavy atom. The molecule has 1 saturated carbocycles. The highest BCUT2D eigenvalue weighted by Gasteiger charge is 2.48. The van der Waals surface area contributed by atoms with Crippen LogP contribution in [-0.2, 0) is 9.53 Å². The number of pyridine rings is 1. The van der Waals surface area contributed by atoms with E-state index < -0.39 is 48.7 Å². The van der Waals surface area contributed by atoms with Crippen molar-refractivity contribution in [2.24, 2.45) is 11.8 Å². The van der Waals surface area contributed by atoms with Crippen LogP contribution in [-0.4, -0.2) is 76.2 Å². The molecule has 3 N–H and O–H groups in total. The Balaban J connectivity index is 1.54. The van der Waals surface area contributed by atoms with Crippen LogP contribution in [0, 0.1) is 18.8 Å². The lowest BCUT2D eigenvalue weighted by Gasteiger charge is -2.32. The number of alkyl halides is 3. The van der Waals surface area contributed by atoms with Crippen LogP contribution in [0.25, 0.3) is 0 Å². The number of anilines is 1. The summed E-state index contributed by atoms with van der Waals surface area (Å²) in [7, 11) is 1.38. The first-order valence-electron chi connectivity index (χ1n) is 13.4. The number of carbonyl (C=O) groups excluding carboxylic acids is 3. The molecule has 2 fully saturated rings. The fraction of sp³-hybridized carbons (Fsp3) is 0.556. The van der Waals surface area contributed by atoms with Crippen LogP contribution in [0.4, 0.5) is 23.8 Å². The van der Waals surface area contributed by atoms with Crippen molar-refractivity contribution in [2.45, 2.75) is 63.8 Å². The minimum atomic E-state index is -4.60. The maximum Gasteiger partial charge on any atom is 0.410 e. The second-order valence-corrected chi connectivity index (χ2v) is 10.7. The van der Waals surface area contributed by atoms with Crippen molar-refractivity contribution >= 4 is 23.7 Å². The minimum absolute atomic E-state index is 0.0768. The topological polar surface area (TPSA) is 138 Å². The average molecular weight is 578 g/mol. The van der Waals surface area contributed by atoms with Crippen molar-refractivity contribution in [1.82, 2.24) is 30.5 Å². The number of methoxy groups -OCH3 is 1. The fourth-order valence-electron chi connectivity index (χ4n) is 5.32. The number of rotatable bonds is 9. The first-order valence-corrected chi connectivity index (χ1v) is 13.4. The molecule has 4 rings (SSSR count). The van der Waals surface area contributed by atoms with Crippen molar-refractivity contribution in [3.05, 3.63) is 47.7 Å². The van der Waals surface area contributed by atoms with Gasteiger partial charge in [0, 0.05) is 19.5 Å². The summed E-state index contributed by atoms with van der Waals surface area (Å²) in [5.41, 5.74) is 1.17. The zero-order valence-electron chi connectivity index (χ0n) is 23.1. The Kier molecular flexibility index (Phi) is 9.41. The number of urea groups is 1. The molecule has 1 aliphatic heterocycles. The van der Waals surface area contributed by atoms with E-state index in [2.05, 4.69) is 32.5 Å². The van der Waals surface area contributed by atoms with Gasteiger partial charge in [-0.25, -0.2) is 19.7 Å². The molecule has 0 spiro atoms. The van der Waals surface area contributed by atoms with E-state index in [9.17, 15) is 27.6 Å². The highest BCUT2D eigenvalue weighted by atomic mass is 19.4. The highest BCUT2D eigenvalue weighted by Crippen LogP contribution is 2.32. The molecule has 1 aliphatic carbocycles. The van der Waals surface area contributed by atoms with Crippen LogP contribution < -0.4 is 16.0 Å². The third-order valence-corrected chi connectivity index (χ3v) is 7.67. The van der Waals surface area contributed by atoms with Gasteiger partial charge in [-0.15, -0.1) is 0 Å². The summed E-state index contributed by atoms with van der Waals surface area (Å²) in [5.74, 6) is -0.444. The number of ether oxygens (including phenoxy) is 1. The molecule has 0 radical (unpaired) electrons. The highest BCUT2D eigenvalue weighted by molar-refractivity contribution is 6.00. The molecule has 2 aromatic heterocycles. The van der Waals surface area contributed by atoms with Gasteiger partial charge in [-0.1, -0.05) is 19.8 Å². The summed E-state index contributed by atoms with van der Waals surface area (Å²) >= 11 is 0. The number of aryl methyl sites for hydroxylation is 1. The van der Waals surface area contributed by atoms with Crippen molar-refractivity contribution in [3.8, 4) is 0 Å². The molecular formula is C27H34F3N7O4. The molecule has 0 bridgehead atoms. The molecule has 14 heteroatoms. The van der Waals surface area contributed by atoms with E-state index in [-0.39, 0.29) is 24.0 Å². The smallest absolute Gasteiger partial charge is 0.382 e. The van der Waals surface area contributed by atoms with Gasteiger partial charge < -0.3 is 25.6 Å². The lowest BCUT2D eigenvalue weighted by molar-refractivity contribution is -0.150. The molecule has 41 heavy (non-hydrogen) atoms. The van der Waals surface area contributed by atoms with Crippen LogP contribution in [0.1, 0.15) is 60.3 Å². The Morgan fingerprint density at radius 3 is 2.59 bits per heavy atom. The molecule has 3 heterocycles. The molecule has 3 atom stereocenters. The molecule has 2 aliphatic rings. The molecule has 2 aromatic rings. The van der Waals surface area contributed by atoms with Gasteiger partial charge in [-0.2, -0.15) is 13.2 Å². The number of nitrogens with one attached hydrogen (secondary N) is 3. The summed E-state index contributed by atoms with van der Waals surface area (Å²) in [5, 5.41) is 7.57. The van der Waals surface area contributed by atoms with Crippen LogP contribution in [0.5, 0.6) is 0 Å². The van der Waals surface area contributed by atoms with Crippen molar-refractivity contribution in [3.63, 3.8) is 0 Å². The zero-order valence-corrected chi connectivity index (χ0v) is 23.1. The van der Waals surface area contributed by atoms with Gasteiger partial charge in [0.25, 0.3) is 5.91 Å². The number of hydrogen-bond acceptors (Lipinski definition) is 7. The fourth-order valence-corrected chi connectivity index (χ4v) is 5.32. The van der Waals surface area contributed by atoms with E-state index in [1.165, 1.54) is 31.9 Å². The lowest BCUT2D eigenvalue weighted by Crippen LogP contribution is -2.49. The molecule has 4 amide bonds. The van der Waals surface area contributed by atoms with Gasteiger partial charge in [0.15, 0.2) is 0 Å². The molecule has 11 nitrogen and oxygen atoms in total. The zero-order chi connectivity index (χ0) is 29.7. The maximum atomic E-state index is 13.6. The number of amides is 4. The van der Waals surface area contributed by atoms with E-state index in [4.69, 9.17) is 4.74 Å². The Hall–Kier alpha value is -3.81. The molecule has 222 valence electrons. The van der Waals surface area contributed by atoms with Gasteiger partial charge in [0.2, 0.25) is 5.91 Å². The largest absolute Gasteiger partial charge is 0.410 e. The van der Waals surface area contributed by atoms with E-state index in [0.29, 0.717) is 17.0 Å². The standard InChI is InChI=1S/C27H34F3N7O4/c1-15-4-6-17(7-5-15)23(36-24(38)22-16(2)11-31-14-33-22)25(39)35-21-10-18(8-9-32-21)19(13-41-3)37-12-20(27(28,29)30)34-26(37)40/h8-11,14-15,17,19-20,23H,4-7,12-13H2,1-3H3,(H,34,40)(H,36,38)(H,32,35,39)/t15?,17?,19?,20-,23-/m1/s1. The van der Waals surface area contributed by atoms with Crippen molar-refractivity contribution in [1.29, 1.82) is 0 Å². The van der Waals surface area contributed by atoms with Crippen LogP contribution in [0.3, 0.4) is 0 Å². The normalized spacial score (nSPS) is 22.5. The predicted molar refractivity (Wildman–Crippen MR) is 142 cm³/mol. The number of nitrogens with zero attached hydrogens (tertiary/aromatic N) is 4. The third-order valence-electron chi connectivity index (χ3n) is 7.67. The number of hydrogen-bond donors (Lipinski definition) is 3. The number of carbonyl (C=O) groups is 3. The summed E-state index contributed by atoms with van der Waals surface area (Å²) in [6.45, 7) is 3.19. The summed E-state index contributed by atoms with van der Waals surface area (Å²) in [4.78, 5) is 52.4. The summed E-state index contributed by atoms with van der Waals surface area (Å²) in [6.07, 6.45) is 2.90. The van der Waals surface area contributed by atoms with Gasteiger partial charge >= 0.3 is 12.2 Å². The quantitative estimate of drug-likeness (QED) is 0.415. The van der Waals surface area contributed by atoms with Crippen molar-refractivity contribution < 1.29 is 32.3 Å². The maximum absolute atomic E-state index is 13.6.